The number of cyclic esters (lactones) is 1. The Morgan fingerprint density at radius 1 is 1.12 bits per heavy atom. The van der Waals surface area contributed by atoms with Gasteiger partial charge < -0.3 is 39.2 Å². The number of aldehydes is 1. The molecule has 14 nitrogen and oxygen atoms in total. The van der Waals surface area contributed by atoms with Gasteiger partial charge in [0.05, 0.1) is 49.6 Å². The summed E-state index contributed by atoms with van der Waals surface area (Å²) in [6, 6.07) is 2.98. The fourth-order valence-electron chi connectivity index (χ4n) is 7.18. The molecule has 0 amide bonds. The van der Waals surface area contributed by atoms with Gasteiger partial charge in [0.15, 0.2) is 12.1 Å². The first kappa shape index (κ1) is 41.1. The van der Waals surface area contributed by atoms with Crippen LogP contribution in [0.5, 0.6) is 0 Å². The van der Waals surface area contributed by atoms with Crippen LogP contribution in [0.15, 0.2) is 54.5 Å². The van der Waals surface area contributed by atoms with Crippen molar-refractivity contribution >= 4 is 18.0 Å². The normalized spacial score (nSPS) is 34.2. The molecular formula is C38H55N5O9. The highest BCUT2D eigenvalue weighted by Gasteiger charge is 2.47. The number of nitrogens with zero attached hydrogens (tertiary/aromatic N) is 5. The van der Waals surface area contributed by atoms with E-state index in [2.05, 4.69) is 15.3 Å². The average molecular weight is 726 g/mol. The Bertz CT molecular complexity index is 1530. The fraction of sp³-hybridized carbons (Fsp3) is 0.632. The zero-order valence-electron chi connectivity index (χ0n) is 31.2. The number of aliphatic hydroxyl groups excluding tert-OH is 3. The number of allylic oxidation sites excluding steroid dienone is 3. The molecule has 2 aromatic rings. The van der Waals surface area contributed by atoms with E-state index in [4.69, 9.17) is 14.2 Å². The zero-order chi connectivity index (χ0) is 38.1. The minimum atomic E-state index is -1.28. The maximum Gasteiger partial charge on any atom is 0.308 e. The lowest BCUT2D eigenvalue weighted by atomic mass is 9.79. The summed E-state index contributed by atoms with van der Waals surface area (Å²) < 4.78 is 20.1. The Kier molecular flexibility index (Phi) is 14.9. The maximum atomic E-state index is 13.5. The summed E-state index contributed by atoms with van der Waals surface area (Å²) in [6.45, 7) is 9.22. The molecule has 52 heavy (non-hydrogen) atoms. The monoisotopic (exact) mass is 725 g/mol. The van der Waals surface area contributed by atoms with Crippen molar-refractivity contribution in [3.63, 3.8) is 0 Å². The van der Waals surface area contributed by atoms with Crippen molar-refractivity contribution in [1.29, 1.82) is 0 Å². The van der Waals surface area contributed by atoms with Gasteiger partial charge in [-0.3, -0.25) is 19.3 Å². The van der Waals surface area contributed by atoms with Gasteiger partial charge in [0.1, 0.15) is 24.2 Å². The molecular weight excluding hydrogens is 670 g/mol. The van der Waals surface area contributed by atoms with Crippen LogP contribution in [0.25, 0.3) is 11.3 Å². The SMILES string of the molecule is CC[C@H]1OC(=O)C[C@@H](O)[C@H](C)[C@@H](O[C@@H]2O[C@H](C)C(O)C(N(C)C)C2O)[C@@H](CC=O)C[C@@H](C)C(=O)C=CC(C)=C[C@@H]1Cn1cc(-c2cccnc2)nn1. The third-order valence-electron chi connectivity index (χ3n) is 10.2. The predicted octanol–water partition coefficient (Wildman–Crippen LogP) is 2.76. The lowest BCUT2D eigenvalue weighted by Gasteiger charge is -2.46. The highest BCUT2D eigenvalue weighted by molar-refractivity contribution is 5.91. The fourth-order valence-corrected chi connectivity index (χ4v) is 7.18. The smallest absolute Gasteiger partial charge is 0.308 e. The van der Waals surface area contributed by atoms with Crippen LogP contribution in [-0.2, 0) is 35.1 Å². The van der Waals surface area contributed by atoms with Crippen molar-refractivity contribution in [3.05, 3.63) is 54.5 Å². The van der Waals surface area contributed by atoms with Gasteiger partial charge in [-0.2, -0.15) is 0 Å². The molecule has 0 spiro atoms. The molecule has 0 aliphatic carbocycles. The molecule has 2 aromatic heterocycles. The third-order valence-corrected chi connectivity index (χ3v) is 10.2. The van der Waals surface area contributed by atoms with Crippen molar-refractivity contribution in [3.8, 4) is 11.3 Å². The molecule has 0 radical (unpaired) electrons. The minimum Gasteiger partial charge on any atom is -0.462 e. The molecule has 3 N–H and O–H groups in total. The van der Waals surface area contributed by atoms with Gasteiger partial charge in [-0.25, -0.2) is 0 Å². The average Bonchev–Trinajstić information content (AvgIpc) is 3.58. The van der Waals surface area contributed by atoms with Crippen LogP contribution >= 0.6 is 0 Å². The van der Waals surface area contributed by atoms with E-state index < -0.39 is 72.7 Å². The van der Waals surface area contributed by atoms with Gasteiger partial charge >= 0.3 is 5.97 Å². The van der Waals surface area contributed by atoms with Gasteiger partial charge in [0.25, 0.3) is 0 Å². The maximum absolute atomic E-state index is 13.5. The topological polar surface area (TPSA) is 186 Å². The van der Waals surface area contributed by atoms with E-state index in [-0.39, 0.29) is 31.0 Å². The van der Waals surface area contributed by atoms with E-state index in [0.717, 1.165) is 17.4 Å². The summed E-state index contributed by atoms with van der Waals surface area (Å²) >= 11 is 0. The molecule has 4 rings (SSSR count). The number of likely N-dealkylation sites (N-methyl/N-ethyl adjacent to an activating group) is 1. The van der Waals surface area contributed by atoms with Crippen LogP contribution in [0.1, 0.15) is 60.3 Å². The summed E-state index contributed by atoms with van der Waals surface area (Å²) in [4.78, 5) is 44.9. The highest BCUT2D eigenvalue weighted by atomic mass is 16.7. The van der Waals surface area contributed by atoms with Gasteiger partial charge in [0.2, 0.25) is 0 Å². The number of esters is 1. The Morgan fingerprint density at radius 3 is 2.52 bits per heavy atom. The Labute approximate surface area is 305 Å². The van der Waals surface area contributed by atoms with Crippen molar-refractivity contribution in [2.45, 2.75) is 116 Å². The molecule has 2 aliphatic rings. The summed E-state index contributed by atoms with van der Waals surface area (Å²) in [5.41, 5.74) is 2.22. The minimum absolute atomic E-state index is 0.00505. The van der Waals surface area contributed by atoms with E-state index in [0.29, 0.717) is 18.7 Å². The summed E-state index contributed by atoms with van der Waals surface area (Å²) in [6.07, 6.45) is 4.37. The number of ketones is 1. The Hall–Kier alpha value is -3.66. The lowest BCUT2D eigenvalue weighted by molar-refractivity contribution is -0.304. The number of aliphatic hydroxyl groups is 3. The van der Waals surface area contributed by atoms with E-state index >= 15 is 0 Å². The first-order valence-electron chi connectivity index (χ1n) is 18.1. The summed E-state index contributed by atoms with van der Waals surface area (Å²) in [5, 5.41) is 42.2. The standard InChI is InChI=1S/C38H55N5O9/c1-8-32-28(20-43-21-29(40-41-43)27-10-9-14-39-19-27)16-22(2)11-12-30(45)23(3)17-26(13-15-44)37(24(4)31(46)18-33(47)51-32)52-38-36(49)34(42(6)7)35(48)25(5)50-38/h9-12,14-16,19,21,23-26,28,31-32,34-38,46,48-49H,8,13,17-18,20H2,1-7H3/t23-,24+,25-,26+,28-,31-,32-,34?,35?,36?,37-,38+/m1/s1. The number of rotatable bonds is 9. The van der Waals surface area contributed by atoms with E-state index in [1.54, 1.807) is 69.1 Å². The summed E-state index contributed by atoms with van der Waals surface area (Å²) in [5.74, 6) is -3.02. The molecule has 0 aromatic carbocycles. The van der Waals surface area contributed by atoms with Gasteiger partial charge in [-0.1, -0.05) is 43.7 Å². The lowest BCUT2D eigenvalue weighted by Crippen LogP contribution is -2.63. The van der Waals surface area contributed by atoms with Crippen LogP contribution in [0.3, 0.4) is 0 Å². The second-order valence-electron chi connectivity index (χ2n) is 14.5. The molecule has 0 bridgehead atoms. The van der Waals surface area contributed by atoms with Crippen LogP contribution < -0.4 is 0 Å². The molecule has 12 atom stereocenters. The largest absolute Gasteiger partial charge is 0.462 e. The first-order chi connectivity index (χ1) is 24.7. The van der Waals surface area contributed by atoms with Crippen LogP contribution in [-0.4, -0.2) is 121 Å². The van der Waals surface area contributed by atoms with Crippen molar-refractivity contribution < 1.29 is 43.9 Å². The molecule has 14 heteroatoms. The number of hydrogen-bond acceptors (Lipinski definition) is 13. The number of carbonyl (C=O) groups excluding carboxylic acids is 3. The van der Waals surface area contributed by atoms with Gasteiger partial charge in [-0.15, -0.1) is 5.10 Å². The molecule has 2 aliphatic heterocycles. The number of pyridine rings is 1. The van der Waals surface area contributed by atoms with E-state index in [9.17, 15) is 29.7 Å². The number of hydrogen-bond donors (Lipinski definition) is 3. The van der Waals surface area contributed by atoms with E-state index in [1.165, 1.54) is 6.08 Å². The highest BCUT2D eigenvalue weighted by Crippen LogP contribution is 2.34. The number of ether oxygens (including phenoxy) is 3. The number of aromatic nitrogens is 4. The first-order valence-corrected chi connectivity index (χ1v) is 18.1. The molecule has 1 fully saturated rings. The van der Waals surface area contributed by atoms with E-state index in [1.807, 2.05) is 32.1 Å². The molecule has 3 unspecified atom stereocenters. The summed E-state index contributed by atoms with van der Waals surface area (Å²) in [7, 11) is 3.45. The van der Waals surface area contributed by atoms with Gasteiger partial charge in [0, 0.05) is 42.1 Å². The van der Waals surface area contributed by atoms with Crippen molar-refractivity contribution in [1.82, 2.24) is 24.9 Å². The third kappa shape index (κ3) is 10.5. The van der Waals surface area contributed by atoms with Crippen LogP contribution in [0.2, 0.25) is 0 Å². The predicted molar refractivity (Wildman–Crippen MR) is 191 cm³/mol. The quantitative estimate of drug-likeness (QED) is 0.253. The Morgan fingerprint density at radius 2 is 1.87 bits per heavy atom. The molecule has 286 valence electrons. The van der Waals surface area contributed by atoms with Crippen LogP contribution in [0.4, 0.5) is 0 Å². The Balaban J connectivity index is 1.66. The molecule has 4 heterocycles. The molecule has 1 saturated heterocycles. The number of carbonyl (C=O) groups is 3. The van der Waals surface area contributed by atoms with Crippen LogP contribution in [0, 0.1) is 23.7 Å². The second kappa shape index (κ2) is 18.9. The molecule has 0 saturated carbocycles. The second-order valence-corrected chi connectivity index (χ2v) is 14.5. The van der Waals surface area contributed by atoms with Crippen molar-refractivity contribution in [2.24, 2.45) is 23.7 Å². The van der Waals surface area contributed by atoms with Gasteiger partial charge in [-0.05, 0) is 64.9 Å². The zero-order valence-corrected chi connectivity index (χ0v) is 31.2. The van der Waals surface area contributed by atoms with Crippen molar-refractivity contribution in [2.75, 3.05) is 14.1 Å².